The number of aryl methyl sites for hydroxylation is 3. The van der Waals surface area contributed by atoms with Crippen LogP contribution in [0.1, 0.15) is 55.1 Å². The van der Waals surface area contributed by atoms with E-state index in [-0.39, 0.29) is 0 Å². The Labute approximate surface area is 122 Å². The molecular formula is C17H25N3. The molecule has 2 aromatic rings. The van der Waals surface area contributed by atoms with Gasteiger partial charge in [0.15, 0.2) is 0 Å². The molecule has 0 radical (unpaired) electrons. The van der Waals surface area contributed by atoms with E-state index in [1.54, 1.807) is 0 Å². The number of hydrogen-bond donors (Lipinski definition) is 1. The Balaban J connectivity index is 2.10. The SMILES string of the molecule is CCn1cc(C(C)NC(C)c2cc(C)ccc2C)cn1. The Hall–Kier alpha value is -1.61. The topological polar surface area (TPSA) is 29.9 Å². The second kappa shape index (κ2) is 6.23. The summed E-state index contributed by atoms with van der Waals surface area (Å²) in [6.45, 7) is 11.8. The summed E-state index contributed by atoms with van der Waals surface area (Å²) < 4.78 is 1.97. The maximum atomic E-state index is 4.34. The Morgan fingerprint density at radius 2 is 1.95 bits per heavy atom. The second-order valence-corrected chi connectivity index (χ2v) is 5.60. The quantitative estimate of drug-likeness (QED) is 0.893. The average molecular weight is 271 g/mol. The lowest BCUT2D eigenvalue weighted by Crippen LogP contribution is -2.23. The normalized spacial score (nSPS) is 14.2. The molecule has 0 saturated carbocycles. The van der Waals surface area contributed by atoms with Gasteiger partial charge in [0.2, 0.25) is 0 Å². The monoisotopic (exact) mass is 271 g/mol. The zero-order valence-electron chi connectivity index (χ0n) is 13.1. The van der Waals surface area contributed by atoms with Gasteiger partial charge in [0, 0.05) is 30.4 Å². The van der Waals surface area contributed by atoms with E-state index >= 15 is 0 Å². The molecule has 0 aliphatic heterocycles. The molecular weight excluding hydrogens is 246 g/mol. The Morgan fingerprint density at radius 1 is 1.20 bits per heavy atom. The number of hydrogen-bond acceptors (Lipinski definition) is 2. The van der Waals surface area contributed by atoms with E-state index in [4.69, 9.17) is 0 Å². The van der Waals surface area contributed by atoms with Crippen LogP contribution < -0.4 is 5.32 Å². The maximum absolute atomic E-state index is 4.34. The highest BCUT2D eigenvalue weighted by Gasteiger charge is 2.14. The summed E-state index contributed by atoms with van der Waals surface area (Å²) in [6, 6.07) is 7.26. The Kier molecular flexibility index (Phi) is 4.61. The molecule has 0 fully saturated rings. The van der Waals surface area contributed by atoms with Crippen LogP contribution in [-0.2, 0) is 6.54 Å². The third-order valence-corrected chi connectivity index (χ3v) is 3.88. The first-order chi connectivity index (χ1) is 9.51. The van der Waals surface area contributed by atoms with Crippen molar-refractivity contribution < 1.29 is 0 Å². The van der Waals surface area contributed by atoms with Crippen LogP contribution in [0.4, 0.5) is 0 Å². The van der Waals surface area contributed by atoms with Gasteiger partial charge < -0.3 is 5.32 Å². The van der Waals surface area contributed by atoms with E-state index in [0.29, 0.717) is 12.1 Å². The molecule has 3 nitrogen and oxygen atoms in total. The molecule has 0 aliphatic rings. The first kappa shape index (κ1) is 14.8. The third kappa shape index (κ3) is 3.28. The van der Waals surface area contributed by atoms with Gasteiger partial charge in [-0.25, -0.2) is 0 Å². The van der Waals surface area contributed by atoms with Gasteiger partial charge in [0.25, 0.3) is 0 Å². The minimum absolute atomic E-state index is 0.296. The molecule has 0 spiro atoms. The minimum Gasteiger partial charge on any atom is -0.304 e. The van der Waals surface area contributed by atoms with Crippen LogP contribution in [0.2, 0.25) is 0 Å². The summed E-state index contributed by atoms with van der Waals surface area (Å²) in [5.74, 6) is 0. The van der Waals surface area contributed by atoms with Crippen molar-refractivity contribution in [1.29, 1.82) is 0 Å². The molecule has 1 N–H and O–H groups in total. The van der Waals surface area contributed by atoms with E-state index in [2.05, 4.69) is 69.4 Å². The zero-order chi connectivity index (χ0) is 14.7. The number of benzene rings is 1. The van der Waals surface area contributed by atoms with E-state index in [1.807, 2.05) is 10.9 Å². The molecule has 1 heterocycles. The summed E-state index contributed by atoms with van der Waals surface area (Å²) in [7, 11) is 0. The predicted octanol–water partition coefficient (Wildman–Crippen LogP) is 3.93. The largest absolute Gasteiger partial charge is 0.304 e. The van der Waals surface area contributed by atoms with Crippen molar-refractivity contribution in [3.8, 4) is 0 Å². The molecule has 0 saturated heterocycles. The lowest BCUT2D eigenvalue weighted by atomic mass is 9.99. The number of aromatic nitrogens is 2. The predicted molar refractivity (Wildman–Crippen MR) is 83.8 cm³/mol. The van der Waals surface area contributed by atoms with Crippen LogP contribution in [0.15, 0.2) is 30.6 Å². The molecule has 108 valence electrons. The minimum atomic E-state index is 0.296. The van der Waals surface area contributed by atoms with Gasteiger partial charge in [-0.3, -0.25) is 4.68 Å². The highest BCUT2D eigenvalue weighted by molar-refractivity contribution is 5.32. The fourth-order valence-corrected chi connectivity index (χ4v) is 2.56. The lowest BCUT2D eigenvalue weighted by molar-refractivity contribution is 0.492. The maximum Gasteiger partial charge on any atom is 0.0537 e. The summed E-state index contributed by atoms with van der Waals surface area (Å²) in [4.78, 5) is 0. The third-order valence-electron chi connectivity index (χ3n) is 3.88. The fourth-order valence-electron chi connectivity index (χ4n) is 2.56. The van der Waals surface area contributed by atoms with Crippen molar-refractivity contribution in [3.63, 3.8) is 0 Å². The van der Waals surface area contributed by atoms with Crippen LogP contribution in [0.25, 0.3) is 0 Å². The number of nitrogens with zero attached hydrogens (tertiary/aromatic N) is 2. The molecule has 3 heteroatoms. The first-order valence-electron chi connectivity index (χ1n) is 7.36. The van der Waals surface area contributed by atoms with E-state index in [0.717, 1.165) is 6.54 Å². The summed E-state index contributed by atoms with van der Waals surface area (Å²) >= 11 is 0. The van der Waals surface area contributed by atoms with Crippen LogP contribution in [0.3, 0.4) is 0 Å². The van der Waals surface area contributed by atoms with Gasteiger partial charge in [-0.05, 0) is 45.7 Å². The van der Waals surface area contributed by atoms with Crippen molar-refractivity contribution in [2.24, 2.45) is 0 Å². The van der Waals surface area contributed by atoms with Gasteiger partial charge in [-0.15, -0.1) is 0 Å². The van der Waals surface area contributed by atoms with Crippen LogP contribution >= 0.6 is 0 Å². The highest BCUT2D eigenvalue weighted by atomic mass is 15.3. The molecule has 2 unspecified atom stereocenters. The lowest BCUT2D eigenvalue weighted by Gasteiger charge is -2.21. The molecule has 0 aliphatic carbocycles. The molecule has 1 aromatic heterocycles. The van der Waals surface area contributed by atoms with Gasteiger partial charge >= 0.3 is 0 Å². The van der Waals surface area contributed by atoms with Crippen LogP contribution in [0.5, 0.6) is 0 Å². The number of rotatable bonds is 5. The van der Waals surface area contributed by atoms with Crippen LogP contribution in [0, 0.1) is 13.8 Å². The summed E-state index contributed by atoms with van der Waals surface area (Å²) in [5, 5.41) is 8.01. The standard InChI is InChI=1S/C17H25N3/c1-6-20-11-16(10-18-20)14(4)19-15(5)17-9-12(2)7-8-13(17)3/h7-11,14-15,19H,6H2,1-5H3. The van der Waals surface area contributed by atoms with Crippen molar-refractivity contribution in [1.82, 2.24) is 15.1 Å². The first-order valence-corrected chi connectivity index (χ1v) is 7.36. The van der Waals surface area contributed by atoms with Crippen molar-refractivity contribution in [2.75, 3.05) is 0 Å². The average Bonchev–Trinajstić information content (AvgIpc) is 2.90. The highest BCUT2D eigenvalue weighted by Crippen LogP contribution is 2.22. The van der Waals surface area contributed by atoms with Crippen molar-refractivity contribution >= 4 is 0 Å². The molecule has 2 atom stereocenters. The summed E-state index contributed by atoms with van der Waals surface area (Å²) in [5.41, 5.74) is 5.27. The van der Waals surface area contributed by atoms with E-state index < -0.39 is 0 Å². The molecule has 2 rings (SSSR count). The smallest absolute Gasteiger partial charge is 0.0537 e. The van der Waals surface area contributed by atoms with E-state index in [9.17, 15) is 0 Å². The van der Waals surface area contributed by atoms with Gasteiger partial charge in [0.05, 0.1) is 6.20 Å². The van der Waals surface area contributed by atoms with Gasteiger partial charge in [-0.1, -0.05) is 23.8 Å². The number of nitrogens with one attached hydrogen (secondary N) is 1. The Morgan fingerprint density at radius 3 is 2.60 bits per heavy atom. The van der Waals surface area contributed by atoms with Gasteiger partial charge in [-0.2, -0.15) is 5.10 Å². The molecule has 1 aromatic carbocycles. The second-order valence-electron chi connectivity index (χ2n) is 5.60. The van der Waals surface area contributed by atoms with E-state index in [1.165, 1.54) is 22.3 Å². The van der Waals surface area contributed by atoms with Gasteiger partial charge in [0.1, 0.15) is 0 Å². The van der Waals surface area contributed by atoms with Crippen molar-refractivity contribution in [2.45, 2.75) is 53.2 Å². The Bertz CT molecular complexity index is 571. The summed E-state index contributed by atoms with van der Waals surface area (Å²) in [6.07, 6.45) is 4.07. The molecule has 20 heavy (non-hydrogen) atoms. The van der Waals surface area contributed by atoms with Crippen molar-refractivity contribution in [3.05, 3.63) is 52.8 Å². The fraction of sp³-hybridized carbons (Fsp3) is 0.471. The molecule has 0 amide bonds. The zero-order valence-corrected chi connectivity index (χ0v) is 13.1. The molecule has 0 bridgehead atoms. The van der Waals surface area contributed by atoms with Crippen LogP contribution in [-0.4, -0.2) is 9.78 Å².